The van der Waals surface area contributed by atoms with Crippen LogP contribution in [0.5, 0.6) is 5.75 Å². The van der Waals surface area contributed by atoms with Crippen molar-refractivity contribution in [3.05, 3.63) is 29.3 Å². The molecule has 1 amide bonds. The number of allylic oxidation sites excluding steroid dienone is 1. The molecule has 0 radical (unpaired) electrons. The third-order valence-corrected chi connectivity index (χ3v) is 7.16. The Bertz CT molecular complexity index is 932. The van der Waals surface area contributed by atoms with Gasteiger partial charge in [-0.25, -0.2) is 4.39 Å². The summed E-state index contributed by atoms with van der Waals surface area (Å²) in [6.07, 6.45) is 1.80. The number of nitrogens with zero attached hydrogens (tertiary/aromatic N) is 1. The van der Waals surface area contributed by atoms with E-state index < -0.39 is 34.7 Å². The average molecular weight is 418 g/mol. The highest BCUT2D eigenvalue weighted by atomic mass is 19.1. The van der Waals surface area contributed by atoms with Crippen LogP contribution in [0.15, 0.2) is 18.2 Å². The first kappa shape index (κ1) is 21.3. The van der Waals surface area contributed by atoms with Crippen LogP contribution in [0.2, 0.25) is 0 Å². The fraction of sp³-hybridized carbons (Fsp3) is 0.625. The van der Waals surface area contributed by atoms with Gasteiger partial charge in [-0.1, -0.05) is 13.0 Å². The molecule has 0 bridgehead atoms. The van der Waals surface area contributed by atoms with Gasteiger partial charge in [0.25, 0.3) is 5.91 Å². The van der Waals surface area contributed by atoms with Crippen molar-refractivity contribution in [2.75, 3.05) is 18.6 Å². The molecule has 30 heavy (non-hydrogen) atoms. The lowest BCUT2D eigenvalue weighted by atomic mass is 9.71. The SMILES string of the molecule is COc1cc2c3c(c1)[C@]1(O[C@@H](CCO)[C@H](C(C)(C)F)[C@H]1C)C(=O)N3C(C)(C)C=C2C. The second kappa shape index (κ2) is 6.54. The fourth-order valence-electron chi connectivity index (χ4n) is 6.11. The lowest BCUT2D eigenvalue weighted by Gasteiger charge is -2.39. The number of amides is 1. The molecular weight excluding hydrogens is 385 g/mol. The van der Waals surface area contributed by atoms with Gasteiger partial charge in [0.2, 0.25) is 0 Å². The van der Waals surface area contributed by atoms with Crippen LogP contribution < -0.4 is 9.64 Å². The summed E-state index contributed by atoms with van der Waals surface area (Å²) in [6, 6.07) is 3.81. The predicted octanol–water partition coefficient (Wildman–Crippen LogP) is 4.21. The molecule has 1 aromatic rings. The van der Waals surface area contributed by atoms with Gasteiger partial charge in [-0.2, -0.15) is 0 Å². The number of aliphatic hydroxyl groups excluding tert-OH is 1. The van der Waals surface area contributed by atoms with Crippen LogP contribution in [0.25, 0.3) is 5.57 Å². The minimum atomic E-state index is -1.57. The number of aliphatic hydroxyl groups is 1. The normalized spacial score (nSPS) is 31.9. The Morgan fingerprint density at radius 3 is 2.57 bits per heavy atom. The Morgan fingerprint density at radius 2 is 2.00 bits per heavy atom. The van der Waals surface area contributed by atoms with Gasteiger partial charge in [0.05, 0.1) is 24.4 Å². The Hall–Kier alpha value is -1.92. The van der Waals surface area contributed by atoms with Crippen molar-refractivity contribution in [1.82, 2.24) is 0 Å². The maximum absolute atomic E-state index is 15.4. The predicted molar refractivity (Wildman–Crippen MR) is 114 cm³/mol. The molecule has 1 saturated heterocycles. The molecule has 5 nitrogen and oxygen atoms in total. The molecule has 0 aliphatic carbocycles. The minimum absolute atomic E-state index is 0.125. The number of ether oxygens (including phenoxy) is 2. The van der Waals surface area contributed by atoms with E-state index >= 15 is 4.39 Å². The molecule has 3 heterocycles. The highest BCUT2D eigenvalue weighted by molar-refractivity contribution is 6.12. The summed E-state index contributed by atoms with van der Waals surface area (Å²) < 4.78 is 27.4. The number of halogens is 1. The van der Waals surface area contributed by atoms with Crippen molar-refractivity contribution in [3.63, 3.8) is 0 Å². The van der Waals surface area contributed by atoms with Crippen molar-refractivity contribution in [1.29, 1.82) is 0 Å². The van der Waals surface area contributed by atoms with Crippen molar-refractivity contribution in [2.45, 2.75) is 70.9 Å². The summed E-state index contributed by atoms with van der Waals surface area (Å²) in [7, 11) is 1.60. The Balaban J connectivity index is 2.00. The van der Waals surface area contributed by atoms with Crippen molar-refractivity contribution < 1.29 is 23.8 Å². The van der Waals surface area contributed by atoms with Gasteiger partial charge in [0.1, 0.15) is 11.4 Å². The highest BCUT2D eigenvalue weighted by Crippen LogP contribution is 2.62. The molecule has 4 rings (SSSR count). The zero-order valence-corrected chi connectivity index (χ0v) is 18.9. The number of fused-ring (bicyclic) bond motifs is 1. The molecule has 0 unspecified atom stereocenters. The van der Waals surface area contributed by atoms with Crippen LogP contribution in [-0.4, -0.2) is 42.0 Å². The molecule has 1 N–H and O–H groups in total. The molecule has 1 aromatic carbocycles. The van der Waals surface area contributed by atoms with Crippen molar-refractivity contribution in [3.8, 4) is 5.75 Å². The lowest BCUT2D eigenvalue weighted by molar-refractivity contribution is -0.147. The van der Waals surface area contributed by atoms with Crippen molar-refractivity contribution in [2.24, 2.45) is 11.8 Å². The van der Waals surface area contributed by atoms with Gasteiger partial charge >= 0.3 is 0 Å². The van der Waals surface area contributed by atoms with E-state index in [1.165, 1.54) is 13.8 Å². The van der Waals surface area contributed by atoms with Crippen LogP contribution in [0.3, 0.4) is 0 Å². The number of carbonyl (C=O) groups is 1. The van der Waals surface area contributed by atoms with Crippen LogP contribution in [0.4, 0.5) is 10.1 Å². The Kier molecular flexibility index (Phi) is 4.65. The molecule has 4 atom stereocenters. The zero-order chi connectivity index (χ0) is 22.2. The van der Waals surface area contributed by atoms with Gasteiger partial charge in [-0.05, 0) is 58.7 Å². The number of alkyl halides is 1. The van der Waals surface area contributed by atoms with E-state index in [2.05, 4.69) is 6.08 Å². The number of hydrogen-bond acceptors (Lipinski definition) is 4. The number of methoxy groups -OCH3 is 1. The molecular formula is C24H32FNO4. The highest BCUT2D eigenvalue weighted by Gasteiger charge is 2.68. The first-order valence-corrected chi connectivity index (χ1v) is 10.6. The summed E-state index contributed by atoms with van der Waals surface area (Å²) >= 11 is 0. The van der Waals surface area contributed by atoms with Gasteiger partial charge in [-0.15, -0.1) is 0 Å². The van der Waals surface area contributed by atoms with Gasteiger partial charge in [0, 0.05) is 29.6 Å². The monoisotopic (exact) mass is 417 g/mol. The maximum Gasteiger partial charge on any atom is 0.265 e. The minimum Gasteiger partial charge on any atom is -0.497 e. The van der Waals surface area contributed by atoms with E-state index in [9.17, 15) is 9.90 Å². The number of carbonyl (C=O) groups excluding carboxylic acids is 1. The van der Waals surface area contributed by atoms with Crippen LogP contribution >= 0.6 is 0 Å². The molecule has 164 valence electrons. The molecule has 1 fully saturated rings. The summed E-state index contributed by atoms with van der Waals surface area (Å²) in [5, 5.41) is 9.61. The molecule has 3 aliphatic heterocycles. The zero-order valence-electron chi connectivity index (χ0n) is 18.9. The largest absolute Gasteiger partial charge is 0.497 e. The second-order valence-electron chi connectivity index (χ2n) is 9.98. The summed E-state index contributed by atoms with van der Waals surface area (Å²) in [4.78, 5) is 15.9. The third-order valence-electron chi connectivity index (χ3n) is 7.16. The lowest BCUT2D eigenvalue weighted by Crippen LogP contribution is -2.53. The Labute approximate surface area is 177 Å². The van der Waals surface area contributed by atoms with Crippen LogP contribution in [0.1, 0.15) is 59.1 Å². The van der Waals surface area contributed by atoms with Crippen molar-refractivity contribution >= 4 is 17.2 Å². The second-order valence-corrected chi connectivity index (χ2v) is 9.98. The number of benzene rings is 1. The van der Waals surface area contributed by atoms with Crippen LogP contribution in [0, 0.1) is 11.8 Å². The van der Waals surface area contributed by atoms with Crippen LogP contribution in [-0.2, 0) is 15.1 Å². The van der Waals surface area contributed by atoms with E-state index in [-0.39, 0.29) is 18.9 Å². The number of hydrogen-bond donors (Lipinski definition) is 1. The first-order chi connectivity index (χ1) is 13.9. The van der Waals surface area contributed by atoms with E-state index in [1.54, 1.807) is 7.11 Å². The maximum atomic E-state index is 15.4. The Morgan fingerprint density at radius 1 is 1.33 bits per heavy atom. The fourth-order valence-corrected chi connectivity index (χ4v) is 6.11. The molecule has 3 aliphatic rings. The quantitative estimate of drug-likeness (QED) is 0.797. The standard InChI is InChI=1S/C24H32FNO4/c1-13-12-22(3,4)26-20-16(13)10-15(29-7)11-17(20)24(21(26)28)14(2)19(23(5,6)25)18(30-24)8-9-27/h10-12,14,18-19,27H,8-9H2,1-7H3/t14-,18+,19-,24+/m1/s1. The van der Waals surface area contributed by atoms with E-state index in [0.717, 1.165) is 22.4 Å². The number of anilines is 1. The summed E-state index contributed by atoms with van der Waals surface area (Å²) in [6.45, 7) is 10.9. The molecule has 0 aromatic heterocycles. The van der Waals surface area contributed by atoms with E-state index in [4.69, 9.17) is 9.47 Å². The molecule has 0 saturated carbocycles. The first-order valence-electron chi connectivity index (χ1n) is 10.6. The average Bonchev–Trinajstić information content (AvgIpc) is 3.06. The topological polar surface area (TPSA) is 59.0 Å². The number of rotatable bonds is 4. The van der Waals surface area contributed by atoms with Gasteiger partial charge in [-0.3, -0.25) is 9.69 Å². The van der Waals surface area contributed by atoms with Gasteiger partial charge < -0.3 is 14.6 Å². The van der Waals surface area contributed by atoms with E-state index in [0.29, 0.717) is 5.75 Å². The smallest absolute Gasteiger partial charge is 0.265 e. The summed E-state index contributed by atoms with van der Waals surface area (Å²) in [5.74, 6) is -0.473. The molecule has 6 heteroatoms. The third kappa shape index (κ3) is 2.62. The summed E-state index contributed by atoms with van der Waals surface area (Å²) in [5.41, 5.74) is 0.161. The van der Waals surface area contributed by atoms with Gasteiger partial charge in [0.15, 0.2) is 5.60 Å². The molecule has 1 spiro atoms. The van der Waals surface area contributed by atoms with E-state index in [1.807, 2.05) is 44.7 Å².